The van der Waals surface area contributed by atoms with Crippen LogP contribution < -0.4 is 0 Å². The van der Waals surface area contributed by atoms with Gasteiger partial charge in [-0.25, -0.2) is 0 Å². The largest absolute Gasteiger partial charge is 0.462 e. The van der Waals surface area contributed by atoms with Gasteiger partial charge < -0.3 is 4.74 Å². The Hall–Kier alpha value is -1.56. The Morgan fingerprint density at radius 2 is 2.10 bits per heavy atom. The molecule has 0 amide bonds. The van der Waals surface area contributed by atoms with Gasteiger partial charge in [0.15, 0.2) is 0 Å². The number of nitro benzene ring substituents is 1. The van der Waals surface area contributed by atoms with Gasteiger partial charge in [0.05, 0.1) is 9.82 Å². The first-order valence-electron chi connectivity index (χ1n) is 7.15. The maximum Gasteiger partial charge on any atom is 0.302 e. The van der Waals surface area contributed by atoms with Crippen LogP contribution in [0.4, 0.5) is 5.69 Å². The number of esters is 1. The van der Waals surface area contributed by atoms with Gasteiger partial charge in [-0.3, -0.25) is 14.9 Å². The summed E-state index contributed by atoms with van der Waals surface area (Å²) in [5, 5.41) is 11.5. The Balaban J connectivity index is 1.55. The van der Waals surface area contributed by atoms with Crippen LogP contribution in [0.3, 0.4) is 0 Å². The van der Waals surface area contributed by atoms with Gasteiger partial charge in [0, 0.05) is 30.1 Å². The number of hydrogen-bond acceptors (Lipinski definition) is 5. The first kappa shape index (κ1) is 13.1. The van der Waals surface area contributed by atoms with E-state index >= 15 is 0 Å². The highest BCUT2D eigenvalue weighted by atomic mass is 32.2. The molecule has 21 heavy (non-hydrogen) atoms. The summed E-state index contributed by atoms with van der Waals surface area (Å²) in [4.78, 5) is 22.7. The molecule has 0 N–H and O–H groups in total. The first-order chi connectivity index (χ1) is 10.1. The maximum absolute atomic E-state index is 11.2. The summed E-state index contributed by atoms with van der Waals surface area (Å²) in [5.74, 6) is 1.88. The van der Waals surface area contributed by atoms with Gasteiger partial charge in [-0.05, 0) is 24.3 Å². The summed E-state index contributed by atoms with van der Waals surface area (Å²) in [6.45, 7) is 1.46. The average molecular weight is 305 g/mol. The third-order valence-corrected chi connectivity index (χ3v) is 6.60. The quantitative estimate of drug-likeness (QED) is 0.486. The molecular weight excluding hydrogens is 290 g/mol. The molecule has 0 aliphatic heterocycles. The molecular formula is C15H15NO4S. The summed E-state index contributed by atoms with van der Waals surface area (Å²) < 4.78 is 5.48. The third-order valence-electron chi connectivity index (χ3n) is 5.07. The highest BCUT2D eigenvalue weighted by Gasteiger charge is 2.75. The number of ether oxygens (including phenoxy) is 1. The topological polar surface area (TPSA) is 69.4 Å². The highest BCUT2D eigenvalue weighted by molar-refractivity contribution is 8.00. The van der Waals surface area contributed by atoms with Gasteiger partial charge in [0.1, 0.15) is 6.10 Å². The van der Waals surface area contributed by atoms with Crippen LogP contribution in [0, 0.1) is 33.8 Å². The second-order valence-corrected chi connectivity index (χ2v) is 7.32. The molecule has 4 fully saturated rings. The number of nitro groups is 1. The minimum atomic E-state index is -0.324. The minimum Gasteiger partial charge on any atom is -0.462 e. The fourth-order valence-electron chi connectivity index (χ4n) is 4.39. The van der Waals surface area contributed by atoms with E-state index in [1.54, 1.807) is 23.9 Å². The van der Waals surface area contributed by atoms with Crippen LogP contribution in [-0.4, -0.2) is 22.2 Å². The Kier molecular flexibility index (Phi) is 2.79. The number of nitrogens with zero attached hydrogens (tertiary/aromatic N) is 1. The number of benzene rings is 1. The normalized spacial score (nSPS) is 38.3. The van der Waals surface area contributed by atoms with Crippen molar-refractivity contribution in [3.05, 3.63) is 34.4 Å². The maximum atomic E-state index is 11.2. The predicted octanol–water partition coefficient (Wildman–Crippen LogP) is 2.88. The second kappa shape index (κ2) is 4.47. The summed E-state index contributed by atoms with van der Waals surface area (Å²) in [5.41, 5.74) is 0.174. The van der Waals surface area contributed by atoms with E-state index in [4.69, 9.17) is 4.74 Å². The zero-order chi connectivity index (χ0) is 14.7. The van der Waals surface area contributed by atoms with Gasteiger partial charge in [-0.2, -0.15) is 0 Å². The van der Waals surface area contributed by atoms with E-state index in [9.17, 15) is 14.9 Å². The van der Waals surface area contributed by atoms with Crippen molar-refractivity contribution in [3.8, 4) is 0 Å². The molecule has 4 saturated carbocycles. The number of rotatable bonds is 4. The fourth-order valence-corrected chi connectivity index (χ4v) is 6.08. The van der Waals surface area contributed by atoms with Crippen LogP contribution >= 0.6 is 11.8 Å². The van der Waals surface area contributed by atoms with Crippen molar-refractivity contribution in [1.82, 2.24) is 0 Å². The lowest BCUT2D eigenvalue weighted by molar-refractivity contribution is -0.387. The van der Waals surface area contributed by atoms with E-state index in [1.807, 2.05) is 12.1 Å². The molecule has 0 aromatic heterocycles. The summed E-state index contributed by atoms with van der Waals surface area (Å²) in [6, 6.07) is 6.90. The van der Waals surface area contributed by atoms with E-state index in [-0.39, 0.29) is 22.7 Å². The van der Waals surface area contributed by atoms with Crippen LogP contribution in [0.15, 0.2) is 29.2 Å². The summed E-state index contributed by atoms with van der Waals surface area (Å²) in [6.07, 6.45) is 1.14. The van der Waals surface area contributed by atoms with Crippen LogP contribution in [-0.2, 0) is 9.53 Å². The monoisotopic (exact) mass is 305 g/mol. The van der Waals surface area contributed by atoms with E-state index in [2.05, 4.69) is 0 Å². The van der Waals surface area contributed by atoms with Crippen molar-refractivity contribution < 1.29 is 14.5 Å². The Bertz CT molecular complexity index is 634. The van der Waals surface area contributed by atoms with E-state index in [0.29, 0.717) is 28.9 Å². The molecule has 110 valence electrons. The number of hydrogen-bond donors (Lipinski definition) is 0. The molecule has 6 heteroatoms. The summed E-state index contributed by atoms with van der Waals surface area (Å²) >= 11 is 1.60. The zero-order valence-corrected chi connectivity index (χ0v) is 12.3. The van der Waals surface area contributed by atoms with Gasteiger partial charge >= 0.3 is 5.97 Å². The molecule has 6 atom stereocenters. The molecule has 5 nitrogen and oxygen atoms in total. The van der Waals surface area contributed by atoms with E-state index in [0.717, 1.165) is 11.3 Å². The van der Waals surface area contributed by atoms with Crippen molar-refractivity contribution in [2.24, 2.45) is 23.7 Å². The van der Waals surface area contributed by atoms with Gasteiger partial charge in [0.2, 0.25) is 0 Å². The van der Waals surface area contributed by atoms with E-state index < -0.39 is 0 Å². The Labute approximate surface area is 126 Å². The lowest BCUT2D eigenvalue weighted by Crippen LogP contribution is -2.23. The molecule has 5 rings (SSSR count). The van der Waals surface area contributed by atoms with Crippen molar-refractivity contribution >= 4 is 23.4 Å². The van der Waals surface area contributed by atoms with Crippen LogP contribution in [0.5, 0.6) is 0 Å². The third kappa shape index (κ3) is 1.88. The minimum absolute atomic E-state index is 0.0396. The molecule has 4 aliphatic rings. The smallest absolute Gasteiger partial charge is 0.302 e. The molecule has 4 bridgehead atoms. The van der Waals surface area contributed by atoms with Gasteiger partial charge in [0.25, 0.3) is 5.69 Å². The van der Waals surface area contributed by atoms with Crippen LogP contribution in [0.1, 0.15) is 13.3 Å². The molecule has 4 aliphatic carbocycles. The zero-order valence-electron chi connectivity index (χ0n) is 11.5. The number of para-hydroxylation sites is 1. The molecule has 0 heterocycles. The van der Waals surface area contributed by atoms with Crippen LogP contribution in [0.25, 0.3) is 0 Å². The van der Waals surface area contributed by atoms with Crippen molar-refractivity contribution in [2.45, 2.75) is 29.6 Å². The molecule has 2 unspecified atom stereocenters. The molecule has 0 spiro atoms. The second-order valence-electron chi connectivity index (χ2n) is 6.10. The highest BCUT2D eigenvalue weighted by Crippen LogP contribution is 2.74. The molecule has 1 aromatic rings. The number of carbonyl (C=O) groups is 1. The predicted molar refractivity (Wildman–Crippen MR) is 76.9 cm³/mol. The van der Waals surface area contributed by atoms with Crippen molar-refractivity contribution in [2.75, 3.05) is 0 Å². The standard InChI is InChI=1S/C15H15NO4S/c1-7(17)20-14-9-6-8-12(14)13(8)15(9)21-11-5-3-2-4-10(11)16(18)19/h2-5,8-9,12-15H,6H2,1H3/t8-,9+,12?,13?,14+,15+/m1/s1. The average Bonchev–Trinajstić information content (AvgIpc) is 2.70. The lowest BCUT2D eigenvalue weighted by Gasteiger charge is -2.19. The lowest BCUT2D eigenvalue weighted by atomic mass is 10.1. The Morgan fingerprint density at radius 3 is 2.76 bits per heavy atom. The fraction of sp³-hybridized carbons (Fsp3) is 0.533. The number of carbonyl (C=O) groups excluding carboxylic acids is 1. The Morgan fingerprint density at radius 1 is 1.33 bits per heavy atom. The van der Waals surface area contributed by atoms with Crippen molar-refractivity contribution in [1.29, 1.82) is 0 Å². The van der Waals surface area contributed by atoms with Crippen molar-refractivity contribution in [3.63, 3.8) is 0 Å². The van der Waals surface area contributed by atoms with Gasteiger partial charge in [-0.1, -0.05) is 12.1 Å². The molecule has 0 radical (unpaired) electrons. The van der Waals surface area contributed by atoms with Gasteiger partial charge in [-0.15, -0.1) is 11.8 Å². The number of thioether (sulfide) groups is 1. The summed E-state index contributed by atoms with van der Waals surface area (Å²) in [7, 11) is 0. The SMILES string of the molecule is CC(=O)O[C@@H]1C2C3[C@@H]2C[C@@H]1[C@@H]3Sc1ccccc1[N+](=O)[O-]. The first-order valence-corrected chi connectivity index (χ1v) is 8.03. The molecule has 1 aromatic carbocycles. The molecule has 0 saturated heterocycles. The van der Waals surface area contributed by atoms with Crippen LogP contribution in [0.2, 0.25) is 0 Å². The van der Waals surface area contributed by atoms with E-state index in [1.165, 1.54) is 6.92 Å².